The molecule has 0 aliphatic carbocycles. The number of carbonyl (C=O) groups is 3. The van der Waals surface area contributed by atoms with E-state index in [0.717, 1.165) is 18.2 Å². The second kappa shape index (κ2) is 6.11. The van der Waals surface area contributed by atoms with E-state index in [1.54, 1.807) is 0 Å². The fourth-order valence-electron chi connectivity index (χ4n) is 1.30. The van der Waals surface area contributed by atoms with Gasteiger partial charge in [-0.1, -0.05) is 0 Å². The minimum absolute atomic E-state index is 0.257. The Labute approximate surface area is 115 Å². The van der Waals surface area contributed by atoms with Crippen molar-refractivity contribution in [3.05, 3.63) is 29.3 Å². The van der Waals surface area contributed by atoms with Gasteiger partial charge in [-0.2, -0.15) is 13.2 Å². The van der Waals surface area contributed by atoms with Gasteiger partial charge in [0.2, 0.25) is 0 Å². The number of anilines is 1. The molecule has 0 atom stereocenters. The third-order valence-corrected chi connectivity index (χ3v) is 2.13. The molecule has 0 fully saturated rings. The average molecular weight is 306 g/mol. The summed E-state index contributed by atoms with van der Waals surface area (Å²) < 4.78 is 35.7. The van der Waals surface area contributed by atoms with E-state index in [2.05, 4.69) is 0 Å². The molecule has 0 bridgehead atoms. The molecule has 4 N–H and O–H groups in total. The minimum atomic E-state index is -4.60. The summed E-state index contributed by atoms with van der Waals surface area (Å²) in [4.78, 5) is 32.8. The summed E-state index contributed by atoms with van der Waals surface area (Å²) in [6, 6.07) is 1.44. The van der Waals surface area contributed by atoms with Crippen LogP contribution in [0, 0.1) is 0 Å². The molecule has 0 radical (unpaired) electrons. The Morgan fingerprint density at radius 1 is 1.00 bits per heavy atom. The first kappa shape index (κ1) is 16.3. The Hall–Kier alpha value is -2.78. The molecule has 0 aromatic heterocycles. The van der Waals surface area contributed by atoms with Crippen LogP contribution in [0.4, 0.5) is 23.7 Å². The molecule has 0 spiro atoms. The molecule has 2 amide bonds. The zero-order valence-electron chi connectivity index (χ0n) is 10.2. The fourth-order valence-corrected chi connectivity index (χ4v) is 1.30. The number of alkyl halides is 3. The van der Waals surface area contributed by atoms with Gasteiger partial charge in [0.1, 0.15) is 6.54 Å². The predicted octanol–water partition coefficient (Wildman–Crippen LogP) is 1.77. The maximum atomic E-state index is 11.9. The number of carboxylic acids is 2. The minimum Gasteiger partial charge on any atom is -0.478 e. The van der Waals surface area contributed by atoms with Crippen LogP contribution in [0.15, 0.2) is 18.2 Å². The Morgan fingerprint density at radius 3 is 1.86 bits per heavy atom. The number of hydrogen-bond donors (Lipinski definition) is 4. The van der Waals surface area contributed by atoms with Crippen LogP contribution in [-0.4, -0.2) is 40.9 Å². The first-order valence-electron chi connectivity index (χ1n) is 5.32. The maximum Gasteiger partial charge on any atom is 0.405 e. The van der Waals surface area contributed by atoms with Crippen LogP contribution < -0.4 is 10.6 Å². The highest BCUT2D eigenvalue weighted by atomic mass is 19.4. The van der Waals surface area contributed by atoms with Gasteiger partial charge in [0.05, 0.1) is 11.1 Å². The third kappa shape index (κ3) is 5.38. The van der Waals surface area contributed by atoms with Crippen molar-refractivity contribution in [1.29, 1.82) is 0 Å². The van der Waals surface area contributed by atoms with E-state index in [0.29, 0.717) is 0 Å². The number of carbonyl (C=O) groups excluding carboxylic acids is 1. The van der Waals surface area contributed by atoms with Crippen molar-refractivity contribution in [1.82, 2.24) is 5.32 Å². The first-order chi connectivity index (χ1) is 9.58. The van der Waals surface area contributed by atoms with Gasteiger partial charge in [0.15, 0.2) is 0 Å². The lowest BCUT2D eigenvalue weighted by molar-refractivity contribution is -0.122. The van der Waals surface area contributed by atoms with Crippen molar-refractivity contribution in [2.75, 3.05) is 11.9 Å². The van der Waals surface area contributed by atoms with E-state index in [9.17, 15) is 27.6 Å². The lowest BCUT2D eigenvalue weighted by atomic mass is 10.1. The molecule has 7 nitrogen and oxygen atoms in total. The number of carboxylic acid groups (broad SMARTS) is 2. The van der Waals surface area contributed by atoms with E-state index < -0.39 is 41.8 Å². The van der Waals surface area contributed by atoms with Crippen LogP contribution in [0.1, 0.15) is 20.7 Å². The van der Waals surface area contributed by atoms with Gasteiger partial charge >= 0.3 is 24.1 Å². The Bertz CT molecular complexity index is 553. The number of urea groups is 1. The van der Waals surface area contributed by atoms with Crippen molar-refractivity contribution < 1.29 is 37.8 Å². The summed E-state index contributed by atoms with van der Waals surface area (Å²) >= 11 is 0. The standard InChI is InChI=1S/C11H9F3N2O5/c12-11(13,14)4-15-10(21)16-7-2-5(8(17)18)1-6(3-7)9(19)20/h1-3H,4H2,(H,17,18)(H,19,20)(H2,15,16,21). The molecular formula is C11H9F3N2O5. The molecule has 1 aromatic rings. The monoisotopic (exact) mass is 306 g/mol. The molecule has 0 saturated carbocycles. The largest absolute Gasteiger partial charge is 0.478 e. The lowest BCUT2D eigenvalue weighted by Gasteiger charge is -2.10. The van der Waals surface area contributed by atoms with Gasteiger partial charge in [0, 0.05) is 5.69 Å². The molecular weight excluding hydrogens is 297 g/mol. The number of benzene rings is 1. The van der Waals surface area contributed by atoms with Gasteiger partial charge in [-0.25, -0.2) is 14.4 Å². The van der Waals surface area contributed by atoms with Crippen molar-refractivity contribution in [3.63, 3.8) is 0 Å². The average Bonchev–Trinajstić information content (AvgIpc) is 2.35. The molecule has 0 saturated heterocycles. The zero-order chi connectivity index (χ0) is 16.2. The maximum absolute atomic E-state index is 11.9. The molecule has 0 aliphatic heterocycles. The van der Waals surface area contributed by atoms with Gasteiger partial charge < -0.3 is 20.8 Å². The van der Waals surface area contributed by atoms with Crippen molar-refractivity contribution in [2.45, 2.75) is 6.18 Å². The Morgan fingerprint density at radius 2 is 1.48 bits per heavy atom. The molecule has 1 aromatic carbocycles. The highest BCUT2D eigenvalue weighted by Gasteiger charge is 2.27. The summed E-state index contributed by atoms with van der Waals surface area (Å²) in [7, 11) is 0. The first-order valence-corrected chi connectivity index (χ1v) is 5.32. The van der Waals surface area contributed by atoms with Gasteiger partial charge in [0.25, 0.3) is 0 Å². The number of rotatable bonds is 4. The topological polar surface area (TPSA) is 116 Å². The van der Waals surface area contributed by atoms with Crippen molar-refractivity contribution >= 4 is 23.7 Å². The van der Waals surface area contributed by atoms with E-state index in [4.69, 9.17) is 10.2 Å². The smallest absolute Gasteiger partial charge is 0.405 e. The van der Waals surface area contributed by atoms with Crippen LogP contribution in [0.5, 0.6) is 0 Å². The molecule has 0 aliphatic rings. The van der Waals surface area contributed by atoms with Gasteiger partial charge in [-0.3, -0.25) is 0 Å². The van der Waals surface area contributed by atoms with Crippen molar-refractivity contribution in [2.24, 2.45) is 0 Å². The van der Waals surface area contributed by atoms with E-state index in [-0.39, 0.29) is 5.69 Å². The summed E-state index contributed by atoms with van der Waals surface area (Å²) in [6.45, 7) is -1.58. The van der Waals surface area contributed by atoms with Crippen LogP contribution >= 0.6 is 0 Å². The van der Waals surface area contributed by atoms with Gasteiger partial charge in [-0.05, 0) is 18.2 Å². The molecule has 0 heterocycles. The van der Waals surface area contributed by atoms with Crippen LogP contribution in [0.2, 0.25) is 0 Å². The zero-order valence-corrected chi connectivity index (χ0v) is 10.2. The SMILES string of the molecule is O=C(NCC(F)(F)F)Nc1cc(C(=O)O)cc(C(=O)O)c1. The molecule has 114 valence electrons. The van der Waals surface area contributed by atoms with E-state index in [1.165, 1.54) is 5.32 Å². The fraction of sp³-hybridized carbons (Fsp3) is 0.182. The second-order valence-corrected chi connectivity index (χ2v) is 3.83. The van der Waals surface area contributed by atoms with Gasteiger partial charge in [-0.15, -0.1) is 0 Å². The Kier molecular flexibility index (Phi) is 4.74. The molecule has 0 unspecified atom stereocenters. The summed E-state index contributed by atoms with van der Waals surface area (Å²) in [5.74, 6) is -2.89. The van der Waals surface area contributed by atoms with E-state index in [1.807, 2.05) is 5.32 Å². The number of hydrogen-bond acceptors (Lipinski definition) is 3. The number of aromatic carboxylic acids is 2. The van der Waals surface area contributed by atoms with E-state index >= 15 is 0 Å². The number of amides is 2. The summed E-state index contributed by atoms with van der Waals surface area (Å²) in [6.07, 6.45) is -4.60. The Balaban J connectivity index is 2.89. The van der Waals surface area contributed by atoms with Crippen molar-refractivity contribution in [3.8, 4) is 0 Å². The quantitative estimate of drug-likeness (QED) is 0.676. The number of halogens is 3. The van der Waals surface area contributed by atoms with Crippen LogP contribution in [-0.2, 0) is 0 Å². The predicted molar refractivity (Wildman–Crippen MR) is 63.4 cm³/mol. The molecule has 10 heteroatoms. The third-order valence-electron chi connectivity index (χ3n) is 2.13. The lowest BCUT2D eigenvalue weighted by Crippen LogP contribution is -2.36. The van der Waals surface area contributed by atoms with Crippen LogP contribution in [0.3, 0.4) is 0 Å². The molecule has 1 rings (SSSR count). The second-order valence-electron chi connectivity index (χ2n) is 3.83. The normalized spacial score (nSPS) is 10.8. The summed E-state index contributed by atoms with van der Waals surface area (Å²) in [5, 5.41) is 21.0. The molecule has 21 heavy (non-hydrogen) atoms. The summed E-state index contributed by atoms with van der Waals surface area (Å²) in [5.41, 5.74) is -1.12. The highest BCUT2D eigenvalue weighted by molar-refractivity contribution is 5.98. The van der Waals surface area contributed by atoms with Crippen LogP contribution in [0.25, 0.3) is 0 Å². The highest BCUT2D eigenvalue weighted by Crippen LogP contribution is 2.16. The number of nitrogens with one attached hydrogen (secondary N) is 2.